The number of nitrogens with zero attached hydrogens (tertiary/aromatic N) is 5. The van der Waals surface area contributed by atoms with Crippen molar-refractivity contribution in [1.82, 2.24) is 18.8 Å². The van der Waals surface area contributed by atoms with Gasteiger partial charge in [0, 0.05) is 69.7 Å². The first-order chi connectivity index (χ1) is 21.2. The van der Waals surface area contributed by atoms with E-state index in [9.17, 15) is 23.3 Å². The number of aryl methyl sites for hydroxylation is 1. The van der Waals surface area contributed by atoms with Crippen molar-refractivity contribution in [3.05, 3.63) is 105 Å². The quantitative estimate of drug-likeness (QED) is 0.162. The fourth-order valence-corrected chi connectivity index (χ4v) is 6.86. The predicted molar refractivity (Wildman–Crippen MR) is 165 cm³/mol. The summed E-state index contributed by atoms with van der Waals surface area (Å²) in [5.74, 6) is 0.521. The molecule has 2 aromatic carbocycles. The van der Waals surface area contributed by atoms with Crippen molar-refractivity contribution in [2.45, 2.75) is 30.4 Å². The molecule has 0 atom stereocenters. The van der Waals surface area contributed by atoms with Crippen LogP contribution in [0.5, 0.6) is 5.75 Å². The highest BCUT2D eigenvalue weighted by atomic mass is 32.2. The molecule has 0 aliphatic carbocycles. The van der Waals surface area contributed by atoms with Gasteiger partial charge in [0.05, 0.1) is 23.2 Å². The van der Waals surface area contributed by atoms with Crippen molar-refractivity contribution >= 4 is 26.6 Å². The SMILES string of the molecule is Cn1c(=O)ccc2cc(OCCN(CCN3CCC(OCc4cccnc4)CC3)S(=O)(=O)c3ccccc3[N+](=O)[O-])ccc21. The highest BCUT2D eigenvalue weighted by Gasteiger charge is 2.32. The topological polar surface area (TPSA) is 137 Å². The number of benzene rings is 2. The van der Waals surface area contributed by atoms with Crippen LogP contribution in [0.4, 0.5) is 5.69 Å². The van der Waals surface area contributed by atoms with Crippen molar-refractivity contribution in [1.29, 1.82) is 0 Å². The van der Waals surface area contributed by atoms with Crippen molar-refractivity contribution in [3.63, 3.8) is 0 Å². The molecular formula is C31H35N5O7S. The number of nitro groups is 1. The van der Waals surface area contributed by atoms with E-state index in [0.29, 0.717) is 18.9 Å². The maximum Gasteiger partial charge on any atom is 0.289 e. The fraction of sp³-hybridized carbons (Fsp3) is 0.355. The van der Waals surface area contributed by atoms with Gasteiger partial charge in [-0.15, -0.1) is 0 Å². The second-order valence-electron chi connectivity index (χ2n) is 10.6. The first kappa shape index (κ1) is 31.3. The van der Waals surface area contributed by atoms with Gasteiger partial charge in [-0.2, -0.15) is 4.31 Å². The minimum Gasteiger partial charge on any atom is -0.492 e. The Kier molecular flexibility index (Phi) is 10.0. The van der Waals surface area contributed by atoms with Crippen LogP contribution in [0.15, 0.2) is 88.8 Å². The number of piperidine rings is 1. The van der Waals surface area contributed by atoms with Gasteiger partial charge in [-0.3, -0.25) is 19.9 Å². The first-order valence-corrected chi connectivity index (χ1v) is 15.9. The molecule has 1 saturated heterocycles. The predicted octanol–water partition coefficient (Wildman–Crippen LogP) is 3.59. The number of fused-ring (bicyclic) bond motifs is 1. The summed E-state index contributed by atoms with van der Waals surface area (Å²) >= 11 is 0. The second kappa shape index (κ2) is 14.1. The normalized spacial score (nSPS) is 14.7. The van der Waals surface area contributed by atoms with Crippen molar-refractivity contribution in [2.24, 2.45) is 7.05 Å². The average Bonchev–Trinajstić information content (AvgIpc) is 3.04. The van der Waals surface area contributed by atoms with E-state index >= 15 is 0 Å². The molecule has 3 heterocycles. The molecule has 5 rings (SSSR count). The Balaban J connectivity index is 1.24. The third-order valence-corrected chi connectivity index (χ3v) is 9.74. The van der Waals surface area contributed by atoms with E-state index in [2.05, 4.69) is 9.88 Å². The molecule has 0 saturated carbocycles. The van der Waals surface area contributed by atoms with Gasteiger partial charge in [-0.25, -0.2) is 8.42 Å². The lowest BCUT2D eigenvalue weighted by Crippen LogP contribution is -2.44. The number of hydrogen-bond donors (Lipinski definition) is 0. The van der Waals surface area contributed by atoms with Crippen LogP contribution < -0.4 is 10.3 Å². The smallest absolute Gasteiger partial charge is 0.289 e. The molecule has 2 aromatic heterocycles. The largest absolute Gasteiger partial charge is 0.492 e. The van der Waals surface area contributed by atoms with Crippen LogP contribution >= 0.6 is 0 Å². The number of aromatic nitrogens is 2. The number of pyridine rings is 2. The minimum absolute atomic E-state index is 0.00954. The number of hydrogen-bond acceptors (Lipinski definition) is 9. The second-order valence-corrected chi connectivity index (χ2v) is 12.5. The molecule has 0 amide bonds. The van der Waals surface area contributed by atoms with E-state index in [1.165, 1.54) is 39.2 Å². The lowest BCUT2D eigenvalue weighted by molar-refractivity contribution is -0.387. The summed E-state index contributed by atoms with van der Waals surface area (Å²) < 4.78 is 42.3. The lowest BCUT2D eigenvalue weighted by Gasteiger charge is -2.33. The molecule has 1 fully saturated rings. The van der Waals surface area contributed by atoms with Crippen molar-refractivity contribution < 1.29 is 22.8 Å². The maximum absolute atomic E-state index is 13.8. The Bertz CT molecular complexity index is 1760. The van der Waals surface area contributed by atoms with Crippen LogP contribution in [-0.2, 0) is 28.4 Å². The molecule has 44 heavy (non-hydrogen) atoms. The summed E-state index contributed by atoms with van der Waals surface area (Å²) in [4.78, 5) is 28.9. The van der Waals surface area contributed by atoms with Crippen molar-refractivity contribution in [2.75, 3.05) is 39.3 Å². The number of para-hydroxylation sites is 1. The number of likely N-dealkylation sites (tertiary alicyclic amines) is 1. The van der Waals surface area contributed by atoms with Gasteiger partial charge in [-0.1, -0.05) is 18.2 Å². The third-order valence-electron chi connectivity index (χ3n) is 7.79. The zero-order chi connectivity index (χ0) is 31.1. The standard InChI is InChI=1S/C31H35N5O7S/c1-33-28-10-9-27(21-25(28)8-11-31(33)37)42-20-19-35(44(40,41)30-7-3-2-6-29(30)36(38)39)18-17-34-15-12-26(13-16-34)43-23-24-5-4-14-32-22-24/h2-11,14,21-22,26H,12-13,15-20,23H2,1H3. The maximum atomic E-state index is 13.8. The van der Waals surface area contributed by atoms with E-state index < -0.39 is 20.6 Å². The zero-order valence-corrected chi connectivity index (χ0v) is 25.3. The van der Waals surface area contributed by atoms with Gasteiger partial charge in [0.1, 0.15) is 12.4 Å². The Labute approximate surface area is 255 Å². The van der Waals surface area contributed by atoms with E-state index in [1.54, 1.807) is 43.7 Å². The summed E-state index contributed by atoms with van der Waals surface area (Å²) in [6, 6.07) is 17.7. The van der Waals surface area contributed by atoms with E-state index in [1.807, 2.05) is 12.1 Å². The molecule has 0 radical (unpaired) electrons. The van der Waals surface area contributed by atoms with Gasteiger partial charge in [-0.05, 0) is 54.8 Å². The van der Waals surface area contributed by atoms with Crippen LogP contribution in [-0.4, -0.2) is 77.5 Å². The molecular weight excluding hydrogens is 586 g/mol. The molecule has 13 heteroatoms. The summed E-state index contributed by atoms with van der Waals surface area (Å²) in [7, 11) is -2.52. The van der Waals surface area contributed by atoms with E-state index in [4.69, 9.17) is 9.47 Å². The number of sulfonamides is 1. The minimum atomic E-state index is -4.21. The molecule has 0 unspecified atom stereocenters. The highest BCUT2D eigenvalue weighted by Crippen LogP contribution is 2.27. The van der Waals surface area contributed by atoms with Crippen LogP contribution in [0.3, 0.4) is 0 Å². The van der Waals surface area contributed by atoms with Gasteiger partial charge in [0.25, 0.3) is 11.2 Å². The number of rotatable bonds is 13. The summed E-state index contributed by atoms with van der Waals surface area (Å²) in [5.41, 5.74) is 1.17. The number of ether oxygens (including phenoxy) is 2. The highest BCUT2D eigenvalue weighted by molar-refractivity contribution is 7.89. The molecule has 0 spiro atoms. The van der Waals surface area contributed by atoms with Gasteiger partial charge in [0.15, 0.2) is 4.90 Å². The lowest BCUT2D eigenvalue weighted by atomic mass is 10.1. The monoisotopic (exact) mass is 621 g/mol. The Morgan fingerprint density at radius 3 is 2.59 bits per heavy atom. The van der Waals surface area contributed by atoms with E-state index in [0.717, 1.165) is 42.4 Å². The molecule has 1 aliphatic rings. The molecule has 1 aliphatic heterocycles. The molecule has 12 nitrogen and oxygen atoms in total. The van der Waals surface area contributed by atoms with Crippen LogP contribution in [0.2, 0.25) is 0 Å². The van der Waals surface area contributed by atoms with Crippen LogP contribution in [0.1, 0.15) is 18.4 Å². The fourth-order valence-electron chi connectivity index (χ4n) is 5.29. The molecule has 0 N–H and O–H groups in total. The van der Waals surface area contributed by atoms with Crippen molar-refractivity contribution in [3.8, 4) is 5.75 Å². The Hall–Kier alpha value is -4.17. The zero-order valence-electron chi connectivity index (χ0n) is 24.4. The van der Waals surface area contributed by atoms with Gasteiger partial charge < -0.3 is 18.9 Å². The Morgan fingerprint density at radius 2 is 1.84 bits per heavy atom. The summed E-state index contributed by atoms with van der Waals surface area (Å²) in [6.45, 7) is 2.60. The molecule has 232 valence electrons. The number of nitro benzene ring substituents is 1. The first-order valence-electron chi connectivity index (χ1n) is 14.4. The summed E-state index contributed by atoms with van der Waals surface area (Å²) in [5, 5.41) is 12.5. The summed E-state index contributed by atoms with van der Waals surface area (Å²) in [6.07, 6.45) is 5.24. The average molecular weight is 622 g/mol. The van der Waals surface area contributed by atoms with Gasteiger partial charge in [0.2, 0.25) is 10.0 Å². The molecule has 4 aromatic rings. The molecule has 0 bridgehead atoms. The van der Waals surface area contributed by atoms with E-state index in [-0.39, 0.29) is 36.3 Å². The van der Waals surface area contributed by atoms with Gasteiger partial charge >= 0.3 is 0 Å². The van der Waals surface area contributed by atoms with Crippen LogP contribution in [0.25, 0.3) is 10.9 Å². The Morgan fingerprint density at radius 1 is 1.05 bits per heavy atom. The van der Waals surface area contributed by atoms with Crippen LogP contribution in [0, 0.1) is 10.1 Å². The third kappa shape index (κ3) is 7.48.